The van der Waals surface area contributed by atoms with Gasteiger partial charge in [-0.15, -0.1) is 0 Å². The fourth-order valence-electron chi connectivity index (χ4n) is 1.21. The first kappa shape index (κ1) is 12.2. The Morgan fingerprint density at radius 1 is 1.31 bits per heavy atom. The van der Waals surface area contributed by atoms with Crippen molar-refractivity contribution in [2.24, 2.45) is 10.4 Å². The van der Waals surface area contributed by atoms with E-state index < -0.39 is 0 Å². The van der Waals surface area contributed by atoms with Gasteiger partial charge in [-0.3, -0.25) is 0 Å². The van der Waals surface area contributed by atoms with Gasteiger partial charge in [-0.25, -0.2) is 4.99 Å². The predicted molar refractivity (Wildman–Crippen MR) is 60.0 cm³/mol. The maximum atomic E-state index is 4.45. The average molecular weight is 182 g/mol. The summed E-state index contributed by atoms with van der Waals surface area (Å²) in [5.41, 5.74) is 0.113. The van der Waals surface area contributed by atoms with Gasteiger partial charge < -0.3 is 4.90 Å². The zero-order valence-electron chi connectivity index (χ0n) is 9.76. The maximum Gasteiger partial charge on any atom is 0.109 e. The van der Waals surface area contributed by atoms with E-state index in [1.807, 2.05) is 20.3 Å². The van der Waals surface area contributed by atoms with Crippen molar-refractivity contribution in [2.45, 2.75) is 34.1 Å². The molecule has 0 unspecified atom stereocenters. The molecule has 0 bridgehead atoms. The van der Waals surface area contributed by atoms with E-state index in [-0.39, 0.29) is 5.41 Å². The minimum Gasteiger partial charge on any atom is -0.366 e. The summed E-state index contributed by atoms with van der Waals surface area (Å²) < 4.78 is 0. The van der Waals surface area contributed by atoms with Crippen LogP contribution in [0.2, 0.25) is 0 Å². The first-order chi connectivity index (χ1) is 5.89. The van der Waals surface area contributed by atoms with Crippen LogP contribution >= 0.6 is 0 Å². The highest BCUT2D eigenvalue weighted by Crippen LogP contribution is 2.17. The van der Waals surface area contributed by atoms with Crippen molar-refractivity contribution in [1.82, 2.24) is 4.90 Å². The van der Waals surface area contributed by atoms with Gasteiger partial charge in [0.15, 0.2) is 0 Å². The molecule has 0 N–H and O–H groups in total. The molecule has 13 heavy (non-hydrogen) atoms. The monoisotopic (exact) mass is 182 g/mol. The van der Waals surface area contributed by atoms with Gasteiger partial charge in [0, 0.05) is 25.7 Å². The number of amidine groups is 1. The van der Waals surface area contributed by atoms with E-state index in [4.69, 9.17) is 0 Å². The van der Waals surface area contributed by atoms with Crippen molar-refractivity contribution in [3.63, 3.8) is 0 Å². The van der Waals surface area contributed by atoms with E-state index in [0.29, 0.717) is 0 Å². The topological polar surface area (TPSA) is 15.6 Å². The Morgan fingerprint density at radius 3 is 2.15 bits per heavy atom. The average Bonchev–Trinajstić information content (AvgIpc) is 1.94. The third-order valence-corrected chi connectivity index (χ3v) is 1.63. The largest absolute Gasteiger partial charge is 0.366 e. The molecule has 2 nitrogen and oxygen atoms in total. The Hall–Kier alpha value is -0.790. The molecule has 0 amide bonds. The summed E-state index contributed by atoms with van der Waals surface area (Å²) in [6.07, 6.45) is 4.99. The lowest BCUT2D eigenvalue weighted by molar-refractivity contribution is 0.481. The number of hydrogen-bond donors (Lipinski definition) is 0. The van der Waals surface area contributed by atoms with E-state index in [0.717, 1.165) is 12.3 Å². The molecule has 0 aliphatic carbocycles. The van der Waals surface area contributed by atoms with Crippen LogP contribution in [-0.4, -0.2) is 24.8 Å². The van der Waals surface area contributed by atoms with Crippen LogP contribution in [0.15, 0.2) is 17.3 Å². The molecule has 0 fully saturated rings. The molecule has 0 aliphatic rings. The fourth-order valence-corrected chi connectivity index (χ4v) is 1.21. The second-order valence-corrected chi connectivity index (χ2v) is 4.39. The second kappa shape index (κ2) is 5.05. The quantitative estimate of drug-likeness (QED) is 0.473. The molecule has 0 aromatic rings. The summed E-state index contributed by atoms with van der Waals surface area (Å²) in [7, 11) is 4.06. The Morgan fingerprint density at radius 2 is 1.85 bits per heavy atom. The van der Waals surface area contributed by atoms with Crippen LogP contribution in [-0.2, 0) is 0 Å². The molecule has 76 valence electrons. The van der Waals surface area contributed by atoms with E-state index in [9.17, 15) is 0 Å². The van der Waals surface area contributed by atoms with Crippen molar-refractivity contribution in [3.8, 4) is 0 Å². The SMILES string of the molecule is CC/C=C\N=C(N(C)C)C(C)(C)C. The highest BCUT2D eigenvalue weighted by molar-refractivity contribution is 5.87. The number of allylic oxidation sites excluding steroid dienone is 1. The smallest absolute Gasteiger partial charge is 0.109 e. The van der Waals surface area contributed by atoms with Crippen LogP contribution in [0.3, 0.4) is 0 Å². The highest BCUT2D eigenvalue weighted by Gasteiger charge is 2.19. The van der Waals surface area contributed by atoms with E-state index >= 15 is 0 Å². The minimum absolute atomic E-state index is 0.113. The lowest BCUT2D eigenvalue weighted by Crippen LogP contribution is -2.33. The molecule has 0 saturated carbocycles. The molecule has 0 aliphatic heterocycles. The molecule has 0 spiro atoms. The van der Waals surface area contributed by atoms with Crippen molar-refractivity contribution in [2.75, 3.05) is 14.1 Å². The highest BCUT2D eigenvalue weighted by atomic mass is 15.1. The summed E-state index contributed by atoms with van der Waals surface area (Å²) >= 11 is 0. The van der Waals surface area contributed by atoms with Crippen LogP contribution in [0.25, 0.3) is 0 Å². The van der Waals surface area contributed by atoms with E-state index in [1.54, 1.807) is 0 Å². The number of hydrogen-bond acceptors (Lipinski definition) is 1. The van der Waals surface area contributed by atoms with Crippen molar-refractivity contribution in [1.29, 1.82) is 0 Å². The summed E-state index contributed by atoms with van der Waals surface area (Å²) in [6, 6.07) is 0. The van der Waals surface area contributed by atoms with Crippen LogP contribution in [0, 0.1) is 5.41 Å². The number of nitrogens with zero attached hydrogens (tertiary/aromatic N) is 2. The molecule has 2 heteroatoms. The maximum absolute atomic E-state index is 4.45. The second-order valence-electron chi connectivity index (χ2n) is 4.39. The molecule has 0 heterocycles. The van der Waals surface area contributed by atoms with Gasteiger partial charge in [0.1, 0.15) is 5.84 Å². The number of aliphatic imine (C=N–C) groups is 1. The molecule has 0 aromatic heterocycles. The molecule has 0 rings (SSSR count). The summed E-state index contributed by atoms with van der Waals surface area (Å²) in [5, 5.41) is 0. The normalized spacial score (nSPS) is 13.8. The first-order valence-electron chi connectivity index (χ1n) is 4.80. The van der Waals surface area contributed by atoms with Gasteiger partial charge in [-0.05, 0) is 6.42 Å². The summed E-state index contributed by atoms with van der Waals surface area (Å²) in [6.45, 7) is 8.63. The van der Waals surface area contributed by atoms with Gasteiger partial charge in [-0.2, -0.15) is 0 Å². The lowest BCUT2D eigenvalue weighted by Gasteiger charge is -2.27. The van der Waals surface area contributed by atoms with Crippen molar-refractivity contribution in [3.05, 3.63) is 12.3 Å². The van der Waals surface area contributed by atoms with E-state index in [2.05, 4.69) is 43.7 Å². The molecule has 0 atom stereocenters. The predicted octanol–water partition coefficient (Wildman–Crippen LogP) is 2.92. The molecule has 0 radical (unpaired) electrons. The van der Waals surface area contributed by atoms with Gasteiger partial charge in [0.25, 0.3) is 0 Å². The molecule has 0 aromatic carbocycles. The standard InChI is InChI=1S/C11H22N2/c1-7-8-9-12-10(13(5)6)11(2,3)4/h8-9H,7H2,1-6H3/b9-8-,12-10?. The third-order valence-electron chi connectivity index (χ3n) is 1.63. The van der Waals surface area contributed by atoms with Gasteiger partial charge in [0.05, 0.1) is 0 Å². The summed E-state index contributed by atoms with van der Waals surface area (Å²) in [4.78, 5) is 6.52. The van der Waals surface area contributed by atoms with Crippen molar-refractivity contribution < 1.29 is 0 Å². The van der Waals surface area contributed by atoms with Crippen molar-refractivity contribution >= 4 is 5.84 Å². The third kappa shape index (κ3) is 4.71. The Labute approximate surface area is 82.4 Å². The Balaban J connectivity index is 4.62. The van der Waals surface area contributed by atoms with Crippen LogP contribution < -0.4 is 0 Å². The van der Waals surface area contributed by atoms with Gasteiger partial charge in [-0.1, -0.05) is 33.8 Å². The fraction of sp³-hybridized carbons (Fsp3) is 0.727. The molecular weight excluding hydrogens is 160 g/mol. The first-order valence-corrected chi connectivity index (χ1v) is 4.80. The number of rotatable bonds is 2. The zero-order chi connectivity index (χ0) is 10.5. The van der Waals surface area contributed by atoms with Gasteiger partial charge in [0.2, 0.25) is 0 Å². The Kier molecular flexibility index (Phi) is 4.74. The van der Waals surface area contributed by atoms with Crippen LogP contribution in [0.5, 0.6) is 0 Å². The van der Waals surface area contributed by atoms with Crippen LogP contribution in [0.1, 0.15) is 34.1 Å². The Bertz CT molecular complexity index is 195. The summed E-state index contributed by atoms with van der Waals surface area (Å²) in [5.74, 6) is 1.11. The van der Waals surface area contributed by atoms with Gasteiger partial charge >= 0.3 is 0 Å². The molecule has 0 saturated heterocycles. The lowest BCUT2D eigenvalue weighted by atomic mass is 9.94. The van der Waals surface area contributed by atoms with E-state index in [1.165, 1.54) is 0 Å². The zero-order valence-corrected chi connectivity index (χ0v) is 9.76. The van der Waals surface area contributed by atoms with Crippen LogP contribution in [0.4, 0.5) is 0 Å². The molecular formula is C11H22N2. The minimum atomic E-state index is 0.113.